The molecule has 0 radical (unpaired) electrons. The molecule has 0 aliphatic heterocycles. The Kier molecular flexibility index (Phi) is 4.95. The van der Waals surface area contributed by atoms with Crippen molar-refractivity contribution in [2.24, 2.45) is 0 Å². The van der Waals surface area contributed by atoms with Crippen LogP contribution in [0.1, 0.15) is 5.69 Å². The van der Waals surface area contributed by atoms with Crippen LogP contribution in [-0.4, -0.2) is 39.1 Å². The van der Waals surface area contributed by atoms with Gasteiger partial charge in [-0.2, -0.15) is 13.2 Å². The second-order valence-corrected chi connectivity index (χ2v) is 7.01. The number of rotatable bonds is 6. The summed E-state index contributed by atoms with van der Waals surface area (Å²) < 4.78 is 59.3. The van der Waals surface area contributed by atoms with Crippen LogP contribution in [-0.2, 0) is 16.6 Å². The van der Waals surface area contributed by atoms with Crippen LogP contribution in [0.3, 0.4) is 0 Å². The van der Waals surface area contributed by atoms with Crippen molar-refractivity contribution in [3.63, 3.8) is 0 Å². The predicted molar refractivity (Wildman–Crippen MR) is 86.4 cm³/mol. The molecule has 134 valence electrons. The van der Waals surface area contributed by atoms with Crippen molar-refractivity contribution in [3.05, 3.63) is 28.7 Å². The lowest BCUT2D eigenvalue weighted by atomic mass is 10.3. The Morgan fingerprint density at radius 2 is 2.16 bits per heavy atom. The van der Waals surface area contributed by atoms with Gasteiger partial charge < -0.3 is 14.5 Å². The fourth-order valence-corrected chi connectivity index (χ4v) is 3.80. The zero-order valence-electron chi connectivity index (χ0n) is 12.8. The molecule has 0 spiro atoms. The largest absolute Gasteiger partial charge is 0.491 e. The first-order chi connectivity index (χ1) is 11.9. The number of ether oxygens (including phenoxy) is 2. The van der Waals surface area contributed by atoms with Gasteiger partial charge in [-0.1, -0.05) is 0 Å². The molecule has 25 heavy (non-hydrogen) atoms. The second kappa shape index (κ2) is 7.00. The number of H-pyrrole nitrogens is 1. The Labute approximate surface area is 146 Å². The first-order valence-corrected chi connectivity index (χ1v) is 9.15. The van der Waals surface area contributed by atoms with Crippen LogP contribution in [0.5, 0.6) is 11.5 Å². The van der Waals surface area contributed by atoms with E-state index in [1.165, 1.54) is 30.7 Å². The number of pyridine rings is 1. The van der Waals surface area contributed by atoms with E-state index < -0.39 is 23.6 Å². The molecule has 0 bridgehead atoms. The van der Waals surface area contributed by atoms with Crippen LogP contribution in [0, 0.1) is 0 Å². The van der Waals surface area contributed by atoms with Gasteiger partial charge in [-0.25, -0.2) is 4.98 Å². The summed E-state index contributed by atoms with van der Waals surface area (Å²) in [6.45, 7) is -1.45. The van der Waals surface area contributed by atoms with Gasteiger partial charge in [0.25, 0.3) is 0 Å². The minimum atomic E-state index is -4.48. The summed E-state index contributed by atoms with van der Waals surface area (Å²) in [6, 6.07) is 1.26. The van der Waals surface area contributed by atoms with E-state index in [9.17, 15) is 17.4 Å². The summed E-state index contributed by atoms with van der Waals surface area (Å²) in [6.07, 6.45) is -3.20. The molecule has 0 fully saturated rings. The lowest BCUT2D eigenvalue weighted by Gasteiger charge is -2.14. The summed E-state index contributed by atoms with van der Waals surface area (Å²) in [4.78, 5) is 11.2. The zero-order valence-corrected chi connectivity index (χ0v) is 14.4. The third-order valence-electron chi connectivity index (χ3n) is 3.13. The smallest absolute Gasteiger partial charge is 0.422 e. The highest BCUT2D eigenvalue weighted by Gasteiger charge is 2.29. The molecule has 1 atom stereocenters. The number of hydrogen-bond acceptors (Lipinski definition) is 6. The second-order valence-electron chi connectivity index (χ2n) is 4.90. The first-order valence-electron chi connectivity index (χ1n) is 6.89. The van der Waals surface area contributed by atoms with Crippen LogP contribution in [0.25, 0.3) is 11.0 Å². The van der Waals surface area contributed by atoms with Crippen LogP contribution in [0.15, 0.2) is 28.2 Å². The summed E-state index contributed by atoms with van der Waals surface area (Å²) >= 11 is 1.47. The molecule has 0 aliphatic rings. The van der Waals surface area contributed by atoms with Gasteiger partial charge in [0.15, 0.2) is 23.3 Å². The molecule has 0 aromatic carbocycles. The molecule has 3 aromatic heterocycles. The van der Waals surface area contributed by atoms with Crippen molar-refractivity contribution >= 4 is 33.2 Å². The zero-order chi connectivity index (χ0) is 18.0. The SMILES string of the molecule is COc1c(OCC(F)(F)F)ccnc1CS(=O)c1nc2cscc2[nH]1. The average molecular weight is 391 g/mol. The standard InChI is InChI=1S/C14H12F3N3O3S2/c1-22-12-10(18-3-2-11(12)23-7-14(15,16)17)6-25(21)13-19-8-4-24-5-9(8)20-13/h2-5H,6-7H2,1H3,(H,19,20). The van der Waals surface area contributed by atoms with Crippen LogP contribution in [0.4, 0.5) is 13.2 Å². The van der Waals surface area contributed by atoms with Crippen LogP contribution >= 0.6 is 11.3 Å². The van der Waals surface area contributed by atoms with Crippen molar-refractivity contribution in [3.8, 4) is 11.5 Å². The van der Waals surface area contributed by atoms with E-state index in [0.717, 1.165) is 5.52 Å². The Bertz CT molecular complexity index is 879. The van der Waals surface area contributed by atoms with Gasteiger partial charge in [-0.15, -0.1) is 11.3 Å². The van der Waals surface area contributed by atoms with E-state index in [1.54, 1.807) is 0 Å². The summed E-state index contributed by atoms with van der Waals surface area (Å²) in [7, 11) is -0.285. The number of fused-ring (bicyclic) bond motifs is 1. The molecule has 11 heteroatoms. The van der Waals surface area contributed by atoms with Crippen molar-refractivity contribution in [1.29, 1.82) is 0 Å². The third-order valence-corrected chi connectivity index (χ3v) is 5.02. The Balaban J connectivity index is 1.81. The van der Waals surface area contributed by atoms with Gasteiger partial charge in [0.2, 0.25) is 0 Å². The molecule has 0 saturated heterocycles. The molecule has 0 amide bonds. The van der Waals surface area contributed by atoms with Crippen molar-refractivity contribution < 1.29 is 26.9 Å². The van der Waals surface area contributed by atoms with Crippen LogP contribution in [0.2, 0.25) is 0 Å². The molecule has 3 heterocycles. The monoisotopic (exact) mass is 391 g/mol. The minimum Gasteiger partial charge on any atom is -0.491 e. The summed E-state index contributed by atoms with van der Waals surface area (Å²) in [5.74, 6) is -0.166. The molecule has 6 nitrogen and oxygen atoms in total. The maximum Gasteiger partial charge on any atom is 0.422 e. The molecule has 3 aromatic rings. The number of methoxy groups -OCH3 is 1. The fourth-order valence-electron chi connectivity index (χ4n) is 2.09. The number of alkyl halides is 3. The number of aromatic nitrogens is 3. The van der Waals surface area contributed by atoms with E-state index in [2.05, 4.69) is 15.0 Å². The van der Waals surface area contributed by atoms with E-state index in [4.69, 9.17) is 9.47 Å². The average Bonchev–Trinajstić information content (AvgIpc) is 3.13. The highest BCUT2D eigenvalue weighted by atomic mass is 32.2. The van der Waals surface area contributed by atoms with E-state index in [1.807, 2.05) is 10.8 Å². The minimum absolute atomic E-state index is 0.0212. The number of nitrogens with zero attached hydrogens (tertiary/aromatic N) is 2. The van der Waals surface area contributed by atoms with Gasteiger partial charge in [-0.3, -0.25) is 9.19 Å². The summed E-state index contributed by atoms with van der Waals surface area (Å²) in [5.41, 5.74) is 1.70. The summed E-state index contributed by atoms with van der Waals surface area (Å²) in [5, 5.41) is 3.92. The number of hydrogen-bond donors (Lipinski definition) is 1. The van der Waals surface area contributed by atoms with E-state index in [0.29, 0.717) is 5.52 Å². The van der Waals surface area contributed by atoms with Gasteiger partial charge in [-0.05, 0) is 0 Å². The van der Waals surface area contributed by atoms with E-state index >= 15 is 0 Å². The molecular weight excluding hydrogens is 379 g/mol. The third kappa shape index (κ3) is 4.10. The normalized spacial score (nSPS) is 13.1. The number of imidazole rings is 1. The Morgan fingerprint density at radius 3 is 2.84 bits per heavy atom. The highest BCUT2D eigenvalue weighted by Crippen LogP contribution is 2.32. The van der Waals surface area contributed by atoms with Crippen LogP contribution < -0.4 is 9.47 Å². The number of aromatic amines is 1. The number of halogens is 3. The van der Waals surface area contributed by atoms with Crippen molar-refractivity contribution in [1.82, 2.24) is 15.0 Å². The number of nitrogens with one attached hydrogen (secondary N) is 1. The Morgan fingerprint density at radius 1 is 1.36 bits per heavy atom. The molecule has 0 aliphatic carbocycles. The molecule has 1 N–H and O–H groups in total. The predicted octanol–water partition coefficient (Wildman–Crippen LogP) is 3.28. The first kappa shape index (κ1) is 17.7. The maximum absolute atomic E-state index is 12.5. The van der Waals surface area contributed by atoms with Crippen molar-refractivity contribution in [2.75, 3.05) is 13.7 Å². The van der Waals surface area contributed by atoms with Gasteiger partial charge in [0, 0.05) is 23.0 Å². The lowest BCUT2D eigenvalue weighted by molar-refractivity contribution is -0.153. The Hall–Kier alpha value is -2.14. The molecule has 1 unspecified atom stereocenters. The quantitative estimate of drug-likeness (QED) is 0.698. The lowest BCUT2D eigenvalue weighted by Crippen LogP contribution is -2.19. The topological polar surface area (TPSA) is 77.1 Å². The number of thiophene rings is 1. The highest BCUT2D eigenvalue weighted by molar-refractivity contribution is 7.84. The maximum atomic E-state index is 12.5. The van der Waals surface area contributed by atoms with Gasteiger partial charge >= 0.3 is 6.18 Å². The molecular formula is C14H12F3N3O3S2. The van der Waals surface area contributed by atoms with E-state index in [-0.39, 0.29) is 28.1 Å². The molecule has 3 rings (SSSR count). The fraction of sp³-hybridized carbons (Fsp3) is 0.286. The van der Waals surface area contributed by atoms with Gasteiger partial charge in [0.1, 0.15) is 5.52 Å². The molecule has 0 saturated carbocycles. The van der Waals surface area contributed by atoms with Crippen molar-refractivity contribution in [2.45, 2.75) is 17.1 Å². The van der Waals surface area contributed by atoms with Gasteiger partial charge in [0.05, 0.1) is 34.9 Å².